The minimum absolute atomic E-state index is 0.0517. The summed E-state index contributed by atoms with van der Waals surface area (Å²) in [7, 11) is -0.806. The summed E-state index contributed by atoms with van der Waals surface area (Å²) in [6.45, 7) is 6.65. The Labute approximate surface area is 250 Å². The predicted octanol–water partition coefficient (Wildman–Crippen LogP) is 3.46. The SMILES string of the molecule is CCC(CC)N(CC(OC)C(Cc1ccccc1)NC(=O)OC1COCC2CNCC21)S(=O)(=O)c1ccc(OC)cc1. The predicted molar refractivity (Wildman–Crippen MR) is 160 cm³/mol. The molecule has 2 fully saturated rings. The fourth-order valence-electron chi connectivity index (χ4n) is 5.98. The van der Waals surface area contributed by atoms with Crippen molar-refractivity contribution in [3.8, 4) is 5.75 Å². The summed E-state index contributed by atoms with van der Waals surface area (Å²) >= 11 is 0. The van der Waals surface area contributed by atoms with Crippen LogP contribution in [0.1, 0.15) is 32.3 Å². The first-order chi connectivity index (χ1) is 20.3. The van der Waals surface area contributed by atoms with Gasteiger partial charge in [0, 0.05) is 44.6 Å². The highest BCUT2D eigenvalue weighted by atomic mass is 32.2. The number of sulfonamides is 1. The Morgan fingerprint density at radius 2 is 1.76 bits per heavy atom. The maximum absolute atomic E-state index is 14.0. The molecule has 0 radical (unpaired) electrons. The topological polar surface area (TPSA) is 115 Å². The molecule has 1 amide bonds. The molecule has 2 N–H and O–H groups in total. The molecule has 0 aromatic heterocycles. The van der Waals surface area contributed by atoms with Gasteiger partial charge in [-0.3, -0.25) is 0 Å². The van der Waals surface area contributed by atoms with Crippen molar-refractivity contribution in [2.24, 2.45) is 11.8 Å². The molecule has 232 valence electrons. The summed E-state index contributed by atoms with van der Waals surface area (Å²) in [6, 6.07) is 15.3. The van der Waals surface area contributed by atoms with Crippen LogP contribution in [0.3, 0.4) is 0 Å². The molecule has 10 nitrogen and oxygen atoms in total. The zero-order valence-electron chi connectivity index (χ0n) is 25.0. The van der Waals surface area contributed by atoms with E-state index in [9.17, 15) is 13.2 Å². The van der Waals surface area contributed by atoms with Crippen LogP contribution in [0.25, 0.3) is 0 Å². The Balaban J connectivity index is 1.58. The number of benzene rings is 2. The number of amides is 1. The van der Waals surface area contributed by atoms with E-state index < -0.39 is 28.3 Å². The third kappa shape index (κ3) is 7.82. The summed E-state index contributed by atoms with van der Waals surface area (Å²) in [4.78, 5) is 13.5. The van der Waals surface area contributed by atoms with Crippen molar-refractivity contribution < 1.29 is 32.2 Å². The number of carbonyl (C=O) groups is 1. The zero-order valence-corrected chi connectivity index (χ0v) is 25.8. The first-order valence-electron chi connectivity index (χ1n) is 14.8. The van der Waals surface area contributed by atoms with Gasteiger partial charge in [-0.15, -0.1) is 0 Å². The molecule has 2 aromatic carbocycles. The van der Waals surface area contributed by atoms with Crippen molar-refractivity contribution in [2.45, 2.75) is 62.3 Å². The van der Waals surface area contributed by atoms with Crippen molar-refractivity contribution in [1.82, 2.24) is 14.9 Å². The Bertz CT molecular complexity index is 1220. The van der Waals surface area contributed by atoms with E-state index in [1.165, 1.54) is 4.31 Å². The molecular weight excluding hydrogens is 558 g/mol. The summed E-state index contributed by atoms with van der Waals surface area (Å²) < 4.78 is 52.3. The fraction of sp³-hybridized carbons (Fsp3) is 0.581. The molecule has 2 aliphatic heterocycles. The van der Waals surface area contributed by atoms with Crippen LogP contribution in [-0.2, 0) is 30.7 Å². The standard InChI is InChI=1S/C31H45N3O7S/c1-5-24(6-2)34(42(36,37)26-14-12-25(38-3)13-15-26)19-29(39-4)28(16-22-10-8-7-9-11-22)33-31(35)41-30-21-40-20-23-17-32-18-27(23)30/h7-15,23-24,27-30,32H,5-6,16-21H2,1-4H3,(H,33,35). The molecule has 0 bridgehead atoms. The van der Waals surface area contributed by atoms with Gasteiger partial charge in [0.1, 0.15) is 11.9 Å². The molecule has 0 aliphatic carbocycles. The summed E-state index contributed by atoms with van der Waals surface area (Å²) in [5.74, 6) is 1.10. The number of ether oxygens (including phenoxy) is 4. The van der Waals surface area contributed by atoms with Gasteiger partial charge in [-0.25, -0.2) is 13.2 Å². The number of nitrogens with one attached hydrogen (secondary N) is 2. The van der Waals surface area contributed by atoms with Gasteiger partial charge in [0.2, 0.25) is 10.0 Å². The second-order valence-corrected chi connectivity index (χ2v) is 12.9. The van der Waals surface area contributed by atoms with Crippen molar-refractivity contribution in [3.05, 3.63) is 60.2 Å². The number of methoxy groups -OCH3 is 2. The normalized spacial score (nSPS) is 22.0. The molecule has 5 atom stereocenters. The zero-order chi connectivity index (χ0) is 30.1. The van der Waals surface area contributed by atoms with Crippen LogP contribution >= 0.6 is 0 Å². The summed E-state index contributed by atoms with van der Waals surface area (Å²) in [6.07, 6.45) is 0.108. The third-order valence-corrected chi connectivity index (χ3v) is 10.4. The van der Waals surface area contributed by atoms with Gasteiger partial charge in [0.05, 0.1) is 37.4 Å². The summed E-state index contributed by atoms with van der Waals surface area (Å²) in [5, 5.41) is 6.39. The molecule has 42 heavy (non-hydrogen) atoms. The van der Waals surface area contributed by atoms with Crippen LogP contribution < -0.4 is 15.4 Å². The molecule has 0 saturated carbocycles. The molecule has 2 heterocycles. The first kappa shape index (κ1) is 32.2. The molecule has 4 rings (SSSR count). The Morgan fingerprint density at radius 1 is 1.05 bits per heavy atom. The minimum Gasteiger partial charge on any atom is -0.497 e. The smallest absolute Gasteiger partial charge is 0.407 e. The second kappa shape index (κ2) is 15.2. The van der Waals surface area contributed by atoms with Crippen molar-refractivity contribution >= 4 is 16.1 Å². The van der Waals surface area contributed by atoms with Crippen LogP contribution in [-0.4, -0.2) is 90.2 Å². The van der Waals surface area contributed by atoms with Gasteiger partial charge in [-0.1, -0.05) is 44.2 Å². The Kier molecular flexibility index (Phi) is 11.6. The monoisotopic (exact) mass is 603 g/mol. The second-order valence-electron chi connectivity index (χ2n) is 11.0. The van der Waals surface area contributed by atoms with Crippen LogP contribution in [0.2, 0.25) is 0 Å². The minimum atomic E-state index is -3.89. The van der Waals surface area contributed by atoms with Crippen LogP contribution in [0, 0.1) is 11.8 Å². The largest absolute Gasteiger partial charge is 0.497 e. The average Bonchev–Trinajstić information content (AvgIpc) is 3.50. The van der Waals surface area contributed by atoms with Crippen LogP contribution in [0.5, 0.6) is 5.75 Å². The number of nitrogens with zero attached hydrogens (tertiary/aromatic N) is 1. The number of fused-ring (bicyclic) bond motifs is 1. The number of rotatable bonds is 14. The molecule has 0 spiro atoms. The molecule has 5 unspecified atom stereocenters. The lowest BCUT2D eigenvalue weighted by Gasteiger charge is -2.36. The molecule has 11 heteroatoms. The molecule has 2 saturated heterocycles. The van der Waals surface area contributed by atoms with E-state index >= 15 is 0 Å². The Morgan fingerprint density at radius 3 is 2.40 bits per heavy atom. The highest BCUT2D eigenvalue weighted by Crippen LogP contribution is 2.28. The highest BCUT2D eigenvalue weighted by molar-refractivity contribution is 7.89. The van der Waals surface area contributed by atoms with Gasteiger partial charge in [-0.2, -0.15) is 4.31 Å². The van der Waals surface area contributed by atoms with Gasteiger partial charge in [0.15, 0.2) is 0 Å². The number of alkyl carbamates (subject to hydrolysis) is 1. The van der Waals surface area contributed by atoms with Crippen LogP contribution in [0.4, 0.5) is 4.79 Å². The van der Waals surface area contributed by atoms with Gasteiger partial charge in [-0.05, 0) is 49.1 Å². The number of hydrogen-bond acceptors (Lipinski definition) is 8. The maximum Gasteiger partial charge on any atom is 0.407 e. The van der Waals surface area contributed by atoms with Gasteiger partial charge < -0.3 is 29.6 Å². The lowest BCUT2D eigenvalue weighted by Crippen LogP contribution is -2.54. The van der Waals surface area contributed by atoms with E-state index in [2.05, 4.69) is 10.6 Å². The van der Waals surface area contributed by atoms with Crippen molar-refractivity contribution in [3.63, 3.8) is 0 Å². The highest BCUT2D eigenvalue weighted by Gasteiger charge is 2.40. The van der Waals surface area contributed by atoms with E-state index in [1.54, 1.807) is 38.5 Å². The molecular formula is C31H45N3O7S. The quantitative estimate of drug-likeness (QED) is 0.338. The first-order valence-corrected chi connectivity index (χ1v) is 16.2. The van der Waals surface area contributed by atoms with Crippen molar-refractivity contribution in [2.75, 3.05) is 47.1 Å². The van der Waals surface area contributed by atoms with Gasteiger partial charge >= 0.3 is 6.09 Å². The van der Waals surface area contributed by atoms with Crippen LogP contribution in [0.15, 0.2) is 59.5 Å². The lowest BCUT2D eigenvalue weighted by molar-refractivity contribution is -0.0691. The van der Waals surface area contributed by atoms with Crippen molar-refractivity contribution in [1.29, 1.82) is 0 Å². The maximum atomic E-state index is 14.0. The molecule has 2 aromatic rings. The Hall–Kier alpha value is -2.70. The van der Waals surface area contributed by atoms with E-state index in [1.807, 2.05) is 44.2 Å². The third-order valence-electron chi connectivity index (χ3n) is 8.47. The average molecular weight is 604 g/mol. The fourth-order valence-corrected chi connectivity index (χ4v) is 7.77. The van der Waals surface area contributed by atoms with E-state index in [4.69, 9.17) is 18.9 Å². The van der Waals surface area contributed by atoms with E-state index in [0.717, 1.165) is 18.7 Å². The lowest BCUT2D eigenvalue weighted by atomic mass is 9.89. The number of carbonyl (C=O) groups excluding carboxylic acids is 1. The van der Waals surface area contributed by atoms with E-state index in [0.29, 0.717) is 44.1 Å². The van der Waals surface area contributed by atoms with Gasteiger partial charge in [0.25, 0.3) is 0 Å². The van der Waals surface area contributed by atoms with E-state index in [-0.39, 0.29) is 29.5 Å². The summed E-state index contributed by atoms with van der Waals surface area (Å²) in [5.41, 5.74) is 0.984. The molecule has 2 aliphatic rings. The number of hydrogen-bond donors (Lipinski definition) is 2.